The molecule has 0 radical (unpaired) electrons. The Labute approximate surface area is 175 Å². The summed E-state index contributed by atoms with van der Waals surface area (Å²) in [6.45, 7) is 3.36. The van der Waals surface area contributed by atoms with Crippen molar-refractivity contribution in [2.24, 2.45) is 5.73 Å². The Balaban J connectivity index is 1.49. The van der Waals surface area contributed by atoms with Gasteiger partial charge in [0.15, 0.2) is 0 Å². The van der Waals surface area contributed by atoms with Gasteiger partial charge in [0.1, 0.15) is 0 Å². The molecule has 1 fully saturated rings. The fourth-order valence-electron chi connectivity index (χ4n) is 3.30. The van der Waals surface area contributed by atoms with E-state index in [1.807, 2.05) is 30.3 Å². The normalized spacial score (nSPS) is 13.7. The van der Waals surface area contributed by atoms with Gasteiger partial charge in [-0.1, -0.05) is 18.2 Å². The SMILES string of the molecule is NCNC(=O)c1ccc(-c2ccnc(Nc3cccc(N4CCOCC4)c3)n2)cc1. The Kier molecular flexibility index (Phi) is 6.17. The number of ether oxygens (including phenoxy) is 1. The Bertz CT molecular complexity index is 1000. The van der Waals surface area contributed by atoms with Gasteiger partial charge >= 0.3 is 0 Å². The maximum Gasteiger partial charge on any atom is 0.252 e. The first-order valence-corrected chi connectivity index (χ1v) is 9.84. The number of nitrogens with one attached hydrogen (secondary N) is 2. The molecule has 0 bridgehead atoms. The molecule has 0 aliphatic carbocycles. The lowest BCUT2D eigenvalue weighted by Crippen LogP contribution is -2.36. The van der Waals surface area contributed by atoms with Gasteiger partial charge in [-0.25, -0.2) is 9.97 Å². The van der Waals surface area contributed by atoms with Crippen LogP contribution in [0.15, 0.2) is 60.8 Å². The lowest BCUT2D eigenvalue weighted by atomic mass is 10.1. The Morgan fingerprint density at radius 1 is 1.10 bits per heavy atom. The molecule has 0 saturated carbocycles. The summed E-state index contributed by atoms with van der Waals surface area (Å²) in [4.78, 5) is 23.1. The van der Waals surface area contributed by atoms with Crippen LogP contribution in [-0.2, 0) is 4.74 Å². The van der Waals surface area contributed by atoms with Crippen molar-refractivity contribution in [2.45, 2.75) is 0 Å². The summed E-state index contributed by atoms with van der Waals surface area (Å²) in [5.41, 5.74) is 9.63. The highest BCUT2D eigenvalue weighted by molar-refractivity contribution is 5.94. The molecule has 4 rings (SSSR count). The highest BCUT2D eigenvalue weighted by Crippen LogP contribution is 2.24. The van der Waals surface area contributed by atoms with Gasteiger partial charge in [0, 0.05) is 41.8 Å². The molecule has 1 amide bonds. The molecule has 1 saturated heterocycles. The number of amides is 1. The summed E-state index contributed by atoms with van der Waals surface area (Å²) in [6, 6.07) is 17.2. The number of hydrogen-bond acceptors (Lipinski definition) is 7. The fraction of sp³-hybridized carbons (Fsp3) is 0.227. The summed E-state index contributed by atoms with van der Waals surface area (Å²) in [6.07, 6.45) is 1.71. The van der Waals surface area contributed by atoms with Crippen LogP contribution in [0.1, 0.15) is 10.4 Å². The summed E-state index contributed by atoms with van der Waals surface area (Å²) < 4.78 is 5.43. The maximum absolute atomic E-state index is 11.9. The number of carbonyl (C=O) groups is 1. The van der Waals surface area contributed by atoms with E-state index in [4.69, 9.17) is 10.5 Å². The van der Waals surface area contributed by atoms with Crippen LogP contribution >= 0.6 is 0 Å². The van der Waals surface area contributed by atoms with Crippen molar-refractivity contribution < 1.29 is 9.53 Å². The largest absolute Gasteiger partial charge is 0.378 e. The van der Waals surface area contributed by atoms with Crippen LogP contribution in [0.3, 0.4) is 0 Å². The van der Waals surface area contributed by atoms with Gasteiger partial charge in [0.25, 0.3) is 5.91 Å². The Morgan fingerprint density at radius 2 is 1.90 bits per heavy atom. The molecular formula is C22H24N6O2. The third-order valence-corrected chi connectivity index (χ3v) is 4.84. The second-order valence-corrected chi connectivity index (χ2v) is 6.83. The predicted octanol–water partition coefficient (Wildman–Crippen LogP) is 2.37. The number of hydrogen-bond donors (Lipinski definition) is 3. The molecule has 2 aromatic carbocycles. The minimum absolute atomic E-state index is 0.105. The van der Waals surface area contributed by atoms with E-state index in [2.05, 4.69) is 37.6 Å². The van der Waals surface area contributed by atoms with Crippen molar-refractivity contribution in [3.05, 3.63) is 66.4 Å². The lowest BCUT2D eigenvalue weighted by Gasteiger charge is -2.29. The van der Waals surface area contributed by atoms with Crippen molar-refractivity contribution in [2.75, 3.05) is 43.2 Å². The first-order chi connectivity index (χ1) is 14.7. The van der Waals surface area contributed by atoms with E-state index in [9.17, 15) is 4.79 Å². The average Bonchev–Trinajstić information content (AvgIpc) is 2.80. The minimum Gasteiger partial charge on any atom is -0.378 e. The fourth-order valence-corrected chi connectivity index (χ4v) is 3.30. The summed E-state index contributed by atoms with van der Waals surface area (Å²) >= 11 is 0. The molecule has 1 aliphatic rings. The highest BCUT2D eigenvalue weighted by atomic mass is 16.5. The molecule has 1 aliphatic heterocycles. The number of anilines is 3. The van der Waals surface area contributed by atoms with E-state index in [1.54, 1.807) is 18.3 Å². The quantitative estimate of drug-likeness (QED) is 0.542. The molecule has 8 nitrogen and oxygen atoms in total. The predicted molar refractivity (Wildman–Crippen MR) is 117 cm³/mol. The second kappa shape index (κ2) is 9.34. The van der Waals surface area contributed by atoms with Crippen molar-refractivity contribution in [1.29, 1.82) is 0 Å². The molecule has 2 heterocycles. The number of nitrogens with zero attached hydrogens (tertiary/aromatic N) is 3. The van der Waals surface area contributed by atoms with E-state index in [0.717, 1.165) is 48.9 Å². The van der Waals surface area contributed by atoms with Gasteiger partial charge in [-0.05, 0) is 36.4 Å². The maximum atomic E-state index is 11.9. The zero-order chi connectivity index (χ0) is 20.8. The van der Waals surface area contributed by atoms with Crippen molar-refractivity contribution in [1.82, 2.24) is 15.3 Å². The van der Waals surface area contributed by atoms with Gasteiger partial charge < -0.3 is 26.0 Å². The first kappa shape index (κ1) is 19.8. The number of morpholine rings is 1. The Morgan fingerprint density at radius 3 is 2.67 bits per heavy atom. The van der Waals surface area contributed by atoms with Gasteiger partial charge in [-0.2, -0.15) is 0 Å². The van der Waals surface area contributed by atoms with Gasteiger partial charge in [-0.15, -0.1) is 0 Å². The first-order valence-electron chi connectivity index (χ1n) is 9.84. The van der Waals surface area contributed by atoms with Gasteiger partial charge in [-0.3, -0.25) is 4.79 Å². The van der Waals surface area contributed by atoms with Crippen LogP contribution in [0.25, 0.3) is 11.3 Å². The average molecular weight is 404 g/mol. The molecular weight excluding hydrogens is 380 g/mol. The molecule has 30 heavy (non-hydrogen) atoms. The Hall–Kier alpha value is -3.49. The van der Waals surface area contributed by atoms with Crippen LogP contribution in [-0.4, -0.2) is 48.8 Å². The monoisotopic (exact) mass is 404 g/mol. The minimum atomic E-state index is -0.200. The molecule has 1 aromatic heterocycles. The zero-order valence-electron chi connectivity index (χ0n) is 16.5. The van der Waals surface area contributed by atoms with Crippen molar-refractivity contribution in [3.63, 3.8) is 0 Å². The van der Waals surface area contributed by atoms with E-state index >= 15 is 0 Å². The van der Waals surface area contributed by atoms with Gasteiger partial charge in [0.05, 0.1) is 25.6 Å². The zero-order valence-corrected chi connectivity index (χ0v) is 16.5. The smallest absolute Gasteiger partial charge is 0.252 e. The van der Waals surface area contributed by atoms with Crippen LogP contribution in [0.4, 0.5) is 17.3 Å². The van der Waals surface area contributed by atoms with Gasteiger partial charge in [0.2, 0.25) is 5.95 Å². The number of benzene rings is 2. The summed E-state index contributed by atoms with van der Waals surface area (Å²) in [7, 11) is 0. The number of rotatable bonds is 6. The molecule has 8 heteroatoms. The van der Waals surface area contributed by atoms with E-state index in [0.29, 0.717) is 11.5 Å². The third kappa shape index (κ3) is 4.73. The molecule has 154 valence electrons. The van der Waals surface area contributed by atoms with Crippen LogP contribution in [0.5, 0.6) is 0 Å². The molecule has 4 N–H and O–H groups in total. The lowest BCUT2D eigenvalue weighted by molar-refractivity contribution is 0.0955. The molecule has 0 atom stereocenters. The molecule has 0 unspecified atom stereocenters. The van der Waals surface area contributed by atoms with E-state index in [1.165, 1.54) is 0 Å². The van der Waals surface area contributed by atoms with E-state index < -0.39 is 0 Å². The van der Waals surface area contributed by atoms with Crippen LogP contribution in [0, 0.1) is 0 Å². The summed E-state index contributed by atoms with van der Waals surface area (Å²) in [5, 5.41) is 5.86. The van der Waals surface area contributed by atoms with Crippen molar-refractivity contribution in [3.8, 4) is 11.3 Å². The van der Waals surface area contributed by atoms with Crippen LogP contribution in [0.2, 0.25) is 0 Å². The standard InChI is InChI=1S/C22H24N6O2/c23-15-25-21(29)17-6-4-16(5-7-17)20-8-9-24-22(27-20)26-18-2-1-3-19(14-18)28-10-12-30-13-11-28/h1-9,14H,10-13,15,23H2,(H,25,29)(H,24,26,27). The second-order valence-electron chi connectivity index (χ2n) is 6.83. The van der Waals surface area contributed by atoms with E-state index in [-0.39, 0.29) is 12.6 Å². The number of nitrogens with two attached hydrogens (primary N) is 1. The topological polar surface area (TPSA) is 105 Å². The number of carbonyl (C=O) groups excluding carboxylic acids is 1. The third-order valence-electron chi connectivity index (χ3n) is 4.84. The molecule has 0 spiro atoms. The number of aromatic nitrogens is 2. The highest BCUT2D eigenvalue weighted by Gasteiger charge is 2.12. The summed E-state index contributed by atoms with van der Waals surface area (Å²) in [5.74, 6) is 0.311. The molecule has 3 aromatic rings. The van der Waals surface area contributed by atoms with Crippen molar-refractivity contribution >= 4 is 23.2 Å². The van der Waals surface area contributed by atoms with Crippen LogP contribution < -0.4 is 21.3 Å².